The zero-order valence-corrected chi connectivity index (χ0v) is 11.4. The molecule has 0 unspecified atom stereocenters. The van der Waals surface area contributed by atoms with Crippen LogP contribution in [0.25, 0.3) is 0 Å². The van der Waals surface area contributed by atoms with Gasteiger partial charge >= 0.3 is 0 Å². The highest BCUT2D eigenvalue weighted by atomic mass is 32.2. The van der Waals surface area contributed by atoms with Crippen LogP contribution in [0, 0.1) is 0 Å². The number of rotatable bonds is 5. The molecule has 5 nitrogen and oxygen atoms in total. The van der Waals surface area contributed by atoms with Gasteiger partial charge in [0.05, 0.1) is 4.99 Å². The van der Waals surface area contributed by atoms with E-state index in [0.717, 1.165) is 6.26 Å². The molecule has 1 aromatic rings. The number of hydrogen-bond donors (Lipinski definition) is 1. The minimum atomic E-state index is -3.29. The van der Waals surface area contributed by atoms with E-state index >= 15 is 0 Å². The van der Waals surface area contributed by atoms with Gasteiger partial charge in [-0.2, -0.15) is 0 Å². The highest BCUT2D eigenvalue weighted by molar-refractivity contribution is 7.90. The van der Waals surface area contributed by atoms with Gasteiger partial charge in [0.2, 0.25) is 0 Å². The van der Waals surface area contributed by atoms with Gasteiger partial charge in [-0.1, -0.05) is 12.2 Å². The van der Waals surface area contributed by atoms with Crippen LogP contribution >= 0.6 is 12.2 Å². The SMILES string of the molecule is CN(CCC(N)=S)c1ncccc1S(C)(=O)=O. The second-order valence-corrected chi connectivity index (χ2v) is 6.24. The van der Waals surface area contributed by atoms with Crippen molar-refractivity contribution in [2.24, 2.45) is 5.73 Å². The Morgan fingerprint density at radius 1 is 1.59 bits per heavy atom. The van der Waals surface area contributed by atoms with E-state index in [2.05, 4.69) is 4.98 Å². The van der Waals surface area contributed by atoms with Crippen LogP contribution in [-0.4, -0.2) is 38.2 Å². The maximum Gasteiger partial charge on any atom is 0.179 e. The van der Waals surface area contributed by atoms with Crippen LogP contribution in [0.5, 0.6) is 0 Å². The maximum atomic E-state index is 11.6. The summed E-state index contributed by atoms with van der Waals surface area (Å²) in [6.45, 7) is 0.537. The van der Waals surface area contributed by atoms with Crippen LogP contribution in [0.2, 0.25) is 0 Å². The lowest BCUT2D eigenvalue weighted by molar-refractivity contribution is 0.601. The van der Waals surface area contributed by atoms with Crippen molar-refractivity contribution in [2.75, 3.05) is 24.7 Å². The number of sulfone groups is 1. The van der Waals surface area contributed by atoms with E-state index in [0.29, 0.717) is 23.8 Å². The second-order valence-electron chi connectivity index (χ2n) is 3.74. The molecule has 0 bridgehead atoms. The summed E-state index contributed by atoms with van der Waals surface area (Å²) in [7, 11) is -1.53. The van der Waals surface area contributed by atoms with Crippen LogP contribution in [0.15, 0.2) is 23.2 Å². The van der Waals surface area contributed by atoms with E-state index in [1.807, 2.05) is 0 Å². The fourth-order valence-corrected chi connectivity index (χ4v) is 2.30. The second kappa shape index (κ2) is 5.42. The van der Waals surface area contributed by atoms with Gasteiger partial charge < -0.3 is 10.6 Å². The minimum absolute atomic E-state index is 0.213. The van der Waals surface area contributed by atoms with Gasteiger partial charge in [0.15, 0.2) is 9.84 Å². The molecule has 0 saturated heterocycles. The molecule has 0 radical (unpaired) electrons. The van der Waals surface area contributed by atoms with Gasteiger partial charge in [0.1, 0.15) is 10.7 Å². The Morgan fingerprint density at radius 3 is 2.76 bits per heavy atom. The molecule has 0 saturated carbocycles. The number of nitrogens with zero attached hydrogens (tertiary/aromatic N) is 2. The van der Waals surface area contributed by atoms with E-state index in [1.54, 1.807) is 24.2 Å². The molecular formula is C10H15N3O2S2. The summed E-state index contributed by atoms with van der Waals surface area (Å²) >= 11 is 4.78. The van der Waals surface area contributed by atoms with Crippen molar-refractivity contribution in [1.29, 1.82) is 0 Å². The van der Waals surface area contributed by atoms with Gasteiger partial charge in [-0.05, 0) is 12.1 Å². The van der Waals surface area contributed by atoms with Gasteiger partial charge in [0.25, 0.3) is 0 Å². The third kappa shape index (κ3) is 3.94. The molecule has 0 atom stereocenters. The summed E-state index contributed by atoms with van der Waals surface area (Å²) in [6.07, 6.45) is 3.24. The van der Waals surface area contributed by atoms with Crippen molar-refractivity contribution in [1.82, 2.24) is 4.98 Å². The molecule has 0 aromatic carbocycles. The zero-order valence-electron chi connectivity index (χ0n) is 9.75. The largest absolute Gasteiger partial charge is 0.393 e. The van der Waals surface area contributed by atoms with E-state index in [4.69, 9.17) is 18.0 Å². The first-order valence-corrected chi connectivity index (χ1v) is 7.27. The van der Waals surface area contributed by atoms with Gasteiger partial charge in [-0.15, -0.1) is 0 Å². The lowest BCUT2D eigenvalue weighted by Gasteiger charge is -2.19. The number of aromatic nitrogens is 1. The van der Waals surface area contributed by atoms with Crippen molar-refractivity contribution in [2.45, 2.75) is 11.3 Å². The van der Waals surface area contributed by atoms with E-state index in [9.17, 15) is 8.42 Å². The molecule has 1 heterocycles. The lowest BCUT2D eigenvalue weighted by Crippen LogP contribution is -2.25. The van der Waals surface area contributed by atoms with Crippen LogP contribution < -0.4 is 10.6 Å². The molecule has 0 spiro atoms. The first-order valence-electron chi connectivity index (χ1n) is 4.97. The molecule has 94 valence electrons. The first-order chi connectivity index (χ1) is 7.82. The summed E-state index contributed by atoms with van der Waals surface area (Å²) in [5, 5.41) is 0. The molecular weight excluding hydrogens is 258 g/mol. The number of nitrogens with two attached hydrogens (primary N) is 1. The number of pyridine rings is 1. The van der Waals surface area contributed by atoms with E-state index in [1.165, 1.54) is 6.07 Å². The number of anilines is 1. The molecule has 2 N–H and O–H groups in total. The van der Waals surface area contributed by atoms with Gasteiger partial charge in [-0.3, -0.25) is 0 Å². The normalized spacial score (nSPS) is 11.2. The van der Waals surface area contributed by atoms with Crippen LogP contribution in [0.1, 0.15) is 6.42 Å². The Labute approximate surface area is 107 Å². The number of hydrogen-bond acceptors (Lipinski definition) is 5. The Bertz CT molecular complexity index is 514. The maximum absolute atomic E-state index is 11.6. The predicted molar refractivity (Wildman–Crippen MR) is 72.0 cm³/mol. The summed E-state index contributed by atoms with van der Waals surface area (Å²) in [6, 6.07) is 3.14. The average Bonchev–Trinajstić information content (AvgIpc) is 2.24. The molecule has 0 amide bonds. The summed E-state index contributed by atoms with van der Waals surface area (Å²) in [4.78, 5) is 6.43. The van der Waals surface area contributed by atoms with Crippen molar-refractivity contribution in [3.05, 3.63) is 18.3 Å². The zero-order chi connectivity index (χ0) is 13.1. The van der Waals surface area contributed by atoms with Crippen molar-refractivity contribution >= 4 is 32.9 Å². The van der Waals surface area contributed by atoms with Crippen molar-refractivity contribution in [3.8, 4) is 0 Å². The Kier molecular flexibility index (Phi) is 4.41. The lowest BCUT2D eigenvalue weighted by atomic mass is 10.3. The fourth-order valence-electron chi connectivity index (χ4n) is 1.34. The molecule has 1 rings (SSSR count). The molecule has 0 aliphatic rings. The Hall–Kier alpha value is -1.21. The predicted octanol–water partition coefficient (Wildman–Crippen LogP) is 0.598. The molecule has 0 aliphatic heterocycles. The van der Waals surface area contributed by atoms with Gasteiger partial charge in [-0.25, -0.2) is 13.4 Å². The molecule has 17 heavy (non-hydrogen) atoms. The standard InChI is InChI=1S/C10H15N3O2S2/c1-13(7-5-9(11)16)10-8(17(2,14)15)4-3-6-12-10/h3-4,6H,5,7H2,1-2H3,(H2,11,16). The van der Waals surface area contributed by atoms with Crippen molar-refractivity contribution < 1.29 is 8.42 Å². The van der Waals surface area contributed by atoms with Crippen molar-refractivity contribution in [3.63, 3.8) is 0 Å². The molecule has 7 heteroatoms. The van der Waals surface area contributed by atoms with E-state index in [-0.39, 0.29) is 4.90 Å². The van der Waals surface area contributed by atoms with Crippen LogP contribution in [0.4, 0.5) is 5.82 Å². The molecule has 0 fully saturated rings. The smallest absolute Gasteiger partial charge is 0.179 e. The minimum Gasteiger partial charge on any atom is -0.393 e. The summed E-state index contributed by atoms with van der Waals surface area (Å²) in [5.74, 6) is 0.422. The third-order valence-electron chi connectivity index (χ3n) is 2.21. The fraction of sp³-hybridized carbons (Fsp3) is 0.400. The van der Waals surface area contributed by atoms with Crippen LogP contribution in [0.3, 0.4) is 0 Å². The Balaban J connectivity index is 3.01. The first kappa shape index (κ1) is 13.9. The van der Waals surface area contributed by atoms with E-state index < -0.39 is 9.84 Å². The van der Waals surface area contributed by atoms with Gasteiger partial charge in [0, 0.05) is 32.5 Å². The Morgan fingerprint density at radius 2 is 2.24 bits per heavy atom. The molecule has 0 aliphatic carbocycles. The quantitative estimate of drug-likeness (QED) is 0.792. The van der Waals surface area contributed by atoms with Crippen LogP contribution in [-0.2, 0) is 9.84 Å². The monoisotopic (exact) mass is 273 g/mol. The summed E-state index contributed by atoms with van der Waals surface area (Å²) < 4.78 is 23.2. The summed E-state index contributed by atoms with van der Waals surface area (Å²) in [5.41, 5.74) is 5.41. The highest BCUT2D eigenvalue weighted by Gasteiger charge is 2.16. The third-order valence-corrected chi connectivity index (χ3v) is 3.53. The average molecular weight is 273 g/mol. The molecule has 1 aromatic heterocycles. The topological polar surface area (TPSA) is 76.3 Å². The highest BCUT2D eigenvalue weighted by Crippen LogP contribution is 2.20. The number of thiocarbonyl (C=S) groups is 1.